The van der Waals surface area contributed by atoms with Crippen molar-refractivity contribution in [1.82, 2.24) is 15.1 Å². The monoisotopic (exact) mass is 397 g/mol. The molecule has 2 amide bonds. The van der Waals surface area contributed by atoms with E-state index in [0.717, 1.165) is 13.1 Å². The van der Waals surface area contributed by atoms with Crippen LogP contribution in [0.1, 0.15) is 17.3 Å². The zero-order chi connectivity index (χ0) is 18.7. The first-order valence-electron chi connectivity index (χ1n) is 9.06. The maximum atomic E-state index is 12.9. The van der Waals surface area contributed by atoms with Gasteiger partial charge < -0.3 is 24.6 Å². The Morgan fingerprint density at radius 2 is 1.70 bits per heavy atom. The summed E-state index contributed by atoms with van der Waals surface area (Å²) >= 11 is 0. The lowest BCUT2D eigenvalue weighted by Gasteiger charge is -2.39. The molecule has 2 fully saturated rings. The van der Waals surface area contributed by atoms with Gasteiger partial charge in [-0.05, 0) is 31.1 Å². The minimum absolute atomic E-state index is 0. The molecule has 1 aromatic rings. The van der Waals surface area contributed by atoms with Crippen LogP contribution in [0.15, 0.2) is 18.2 Å². The second-order valence-corrected chi connectivity index (χ2v) is 6.87. The molecular formula is C19H28ClN3O4. The largest absolute Gasteiger partial charge is 0.493 e. The molecule has 0 radical (unpaired) electrons. The summed E-state index contributed by atoms with van der Waals surface area (Å²) in [6.07, 6.45) is 0. The summed E-state index contributed by atoms with van der Waals surface area (Å²) in [6.45, 7) is 6.04. The molecule has 1 atom stereocenters. The van der Waals surface area contributed by atoms with Gasteiger partial charge in [-0.15, -0.1) is 12.4 Å². The number of ether oxygens (including phenoxy) is 2. The summed E-state index contributed by atoms with van der Waals surface area (Å²) in [5.41, 5.74) is 0.487. The van der Waals surface area contributed by atoms with Gasteiger partial charge in [0.1, 0.15) is 0 Å². The third kappa shape index (κ3) is 4.30. The lowest BCUT2D eigenvalue weighted by Crippen LogP contribution is -2.55. The number of amides is 2. The number of nitrogens with zero attached hydrogens (tertiary/aromatic N) is 2. The molecule has 8 heteroatoms. The summed E-state index contributed by atoms with van der Waals surface area (Å²) in [6, 6.07) is 5.29. The van der Waals surface area contributed by atoms with Gasteiger partial charge in [-0.1, -0.05) is 13.0 Å². The number of halogens is 1. The highest BCUT2D eigenvalue weighted by molar-refractivity contribution is 5.98. The Labute approximate surface area is 166 Å². The molecule has 150 valence electrons. The van der Waals surface area contributed by atoms with Gasteiger partial charge >= 0.3 is 0 Å². The van der Waals surface area contributed by atoms with Crippen LogP contribution in [0.5, 0.6) is 11.5 Å². The molecule has 2 saturated heterocycles. The summed E-state index contributed by atoms with van der Waals surface area (Å²) in [5.74, 6) is 1.56. The average Bonchev–Trinajstić information content (AvgIpc) is 2.64. The normalized spacial score (nSPS) is 18.2. The van der Waals surface area contributed by atoms with Gasteiger partial charge in [0.2, 0.25) is 5.91 Å². The van der Waals surface area contributed by atoms with Crippen LogP contribution in [-0.4, -0.2) is 75.1 Å². The predicted octanol–water partition coefficient (Wildman–Crippen LogP) is 1.27. The number of carbonyl (C=O) groups excluding carboxylic acids is 2. The highest BCUT2D eigenvalue weighted by Gasteiger charge is 2.34. The Morgan fingerprint density at radius 1 is 1.07 bits per heavy atom. The first-order chi connectivity index (χ1) is 12.6. The highest BCUT2D eigenvalue weighted by atomic mass is 35.5. The molecule has 2 aliphatic rings. The van der Waals surface area contributed by atoms with Crippen LogP contribution in [0, 0.1) is 11.8 Å². The second kappa shape index (κ2) is 9.28. The number of piperazine rings is 1. The second-order valence-electron chi connectivity index (χ2n) is 6.87. The Morgan fingerprint density at radius 3 is 2.22 bits per heavy atom. The standard InChI is InChI=1S/C19H27N3O4.ClH/c1-13(14-11-20-12-14)18(23)21-7-9-22(10-8-21)19(24)15-5-4-6-16(25-2)17(15)26-3;/h4-6,13-14,20H,7-12H2,1-3H3;1H. The molecule has 2 heterocycles. The number of methoxy groups -OCH3 is 2. The lowest BCUT2D eigenvalue weighted by atomic mass is 9.88. The van der Waals surface area contributed by atoms with Gasteiger partial charge in [-0.3, -0.25) is 9.59 Å². The van der Waals surface area contributed by atoms with Crippen molar-refractivity contribution in [2.45, 2.75) is 6.92 Å². The fourth-order valence-corrected chi connectivity index (χ4v) is 3.51. The van der Waals surface area contributed by atoms with Gasteiger partial charge in [0.15, 0.2) is 11.5 Å². The minimum Gasteiger partial charge on any atom is -0.493 e. The van der Waals surface area contributed by atoms with Crippen molar-refractivity contribution in [1.29, 1.82) is 0 Å². The number of para-hydroxylation sites is 1. The highest BCUT2D eigenvalue weighted by Crippen LogP contribution is 2.31. The maximum Gasteiger partial charge on any atom is 0.257 e. The van der Waals surface area contributed by atoms with E-state index in [4.69, 9.17) is 9.47 Å². The van der Waals surface area contributed by atoms with E-state index >= 15 is 0 Å². The number of benzene rings is 1. The SMILES string of the molecule is COc1cccc(C(=O)N2CCN(C(=O)C(C)C3CNC3)CC2)c1OC.Cl. The van der Waals surface area contributed by atoms with Gasteiger partial charge in [0.05, 0.1) is 19.8 Å². The lowest BCUT2D eigenvalue weighted by molar-refractivity contribution is -0.138. The number of rotatable bonds is 5. The van der Waals surface area contributed by atoms with Crippen molar-refractivity contribution >= 4 is 24.2 Å². The number of carbonyl (C=O) groups is 2. The van der Waals surface area contributed by atoms with E-state index in [1.165, 1.54) is 7.11 Å². The van der Waals surface area contributed by atoms with Crippen molar-refractivity contribution in [3.8, 4) is 11.5 Å². The molecule has 1 unspecified atom stereocenters. The fourth-order valence-electron chi connectivity index (χ4n) is 3.51. The van der Waals surface area contributed by atoms with Crippen LogP contribution < -0.4 is 14.8 Å². The molecule has 1 aromatic carbocycles. The van der Waals surface area contributed by atoms with E-state index in [1.54, 1.807) is 30.2 Å². The zero-order valence-corrected chi connectivity index (χ0v) is 16.9. The van der Waals surface area contributed by atoms with Crippen LogP contribution in [-0.2, 0) is 4.79 Å². The third-order valence-corrected chi connectivity index (χ3v) is 5.42. The average molecular weight is 398 g/mol. The van der Waals surface area contributed by atoms with E-state index in [-0.39, 0.29) is 30.1 Å². The molecule has 0 spiro atoms. The Kier molecular flexibility index (Phi) is 7.33. The van der Waals surface area contributed by atoms with Crippen molar-refractivity contribution in [3.63, 3.8) is 0 Å². The summed E-state index contributed by atoms with van der Waals surface area (Å²) in [5, 5.41) is 3.21. The maximum absolute atomic E-state index is 12.9. The molecule has 27 heavy (non-hydrogen) atoms. The topological polar surface area (TPSA) is 71.1 Å². The van der Waals surface area contributed by atoms with E-state index in [2.05, 4.69) is 5.32 Å². The van der Waals surface area contributed by atoms with Crippen LogP contribution in [0.2, 0.25) is 0 Å². The quantitative estimate of drug-likeness (QED) is 0.810. The minimum atomic E-state index is -0.0934. The van der Waals surface area contributed by atoms with Crippen molar-refractivity contribution in [2.24, 2.45) is 11.8 Å². The van der Waals surface area contributed by atoms with Crippen molar-refractivity contribution < 1.29 is 19.1 Å². The van der Waals surface area contributed by atoms with Gasteiger partial charge in [-0.2, -0.15) is 0 Å². The van der Waals surface area contributed by atoms with Crippen molar-refractivity contribution in [3.05, 3.63) is 23.8 Å². The van der Waals surface area contributed by atoms with Crippen molar-refractivity contribution in [2.75, 3.05) is 53.5 Å². The molecule has 0 aliphatic carbocycles. The first-order valence-corrected chi connectivity index (χ1v) is 9.06. The van der Waals surface area contributed by atoms with Crippen LogP contribution in [0.4, 0.5) is 0 Å². The Balaban J connectivity index is 0.00000261. The van der Waals surface area contributed by atoms with Crippen LogP contribution in [0.25, 0.3) is 0 Å². The number of hydrogen-bond donors (Lipinski definition) is 1. The molecule has 2 aliphatic heterocycles. The fraction of sp³-hybridized carbons (Fsp3) is 0.579. The third-order valence-electron chi connectivity index (χ3n) is 5.42. The van der Waals surface area contributed by atoms with E-state index in [0.29, 0.717) is 49.2 Å². The smallest absolute Gasteiger partial charge is 0.257 e. The van der Waals surface area contributed by atoms with Crippen LogP contribution in [0.3, 0.4) is 0 Å². The molecular weight excluding hydrogens is 370 g/mol. The summed E-state index contributed by atoms with van der Waals surface area (Å²) in [7, 11) is 3.08. The Bertz CT molecular complexity index is 673. The molecule has 0 aromatic heterocycles. The molecule has 0 saturated carbocycles. The number of nitrogens with one attached hydrogen (secondary N) is 1. The summed E-state index contributed by atoms with van der Waals surface area (Å²) in [4.78, 5) is 29.2. The van der Waals surface area contributed by atoms with E-state index in [1.807, 2.05) is 11.8 Å². The van der Waals surface area contributed by atoms with Gasteiger partial charge in [0.25, 0.3) is 5.91 Å². The molecule has 3 rings (SSSR count). The van der Waals surface area contributed by atoms with E-state index in [9.17, 15) is 9.59 Å². The zero-order valence-electron chi connectivity index (χ0n) is 16.1. The first kappa shape index (κ1) is 21.3. The molecule has 0 bridgehead atoms. The molecule has 1 N–H and O–H groups in total. The van der Waals surface area contributed by atoms with E-state index < -0.39 is 0 Å². The van der Waals surface area contributed by atoms with Crippen LogP contribution >= 0.6 is 12.4 Å². The Hall–Kier alpha value is -1.99. The number of hydrogen-bond acceptors (Lipinski definition) is 5. The summed E-state index contributed by atoms with van der Waals surface area (Å²) < 4.78 is 10.6. The van der Waals surface area contributed by atoms with Gasteiger partial charge in [0, 0.05) is 32.1 Å². The predicted molar refractivity (Wildman–Crippen MR) is 105 cm³/mol. The molecule has 7 nitrogen and oxygen atoms in total. The van der Waals surface area contributed by atoms with Gasteiger partial charge in [-0.25, -0.2) is 0 Å².